The van der Waals surface area contributed by atoms with Gasteiger partial charge in [0.05, 0.1) is 10.0 Å². The number of rotatable bonds is 3. The molecule has 21 heavy (non-hydrogen) atoms. The van der Waals surface area contributed by atoms with Crippen LogP contribution in [0.2, 0.25) is 10.0 Å². The molecule has 1 aliphatic rings. The summed E-state index contributed by atoms with van der Waals surface area (Å²) in [6.07, 6.45) is 0.706. The van der Waals surface area contributed by atoms with Gasteiger partial charge in [0.1, 0.15) is 5.60 Å². The van der Waals surface area contributed by atoms with Crippen molar-refractivity contribution >= 4 is 23.2 Å². The largest absolute Gasteiger partial charge is 0.384 e. The van der Waals surface area contributed by atoms with Gasteiger partial charge >= 0.3 is 0 Å². The predicted molar refractivity (Wildman–Crippen MR) is 86.7 cm³/mol. The van der Waals surface area contributed by atoms with Crippen LogP contribution < -0.4 is 0 Å². The number of hydrogen-bond acceptors (Lipinski definition) is 2. The van der Waals surface area contributed by atoms with Crippen LogP contribution in [0.25, 0.3) is 0 Å². The smallest absolute Gasteiger partial charge is 0.104 e. The van der Waals surface area contributed by atoms with Crippen molar-refractivity contribution in [2.45, 2.75) is 18.6 Å². The summed E-state index contributed by atoms with van der Waals surface area (Å²) in [5.41, 5.74) is 1.26. The molecule has 0 amide bonds. The number of benzene rings is 2. The minimum Gasteiger partial charge on any atom is -0.384 e. The second kappa shape index (κ2) is 5.98. The molecule has 1 aliphatic heterocycles. The highest BCUT2D eigenvalue weighted by atomic mass is 35.5. The van der Waals surface area contributed by atoms with E-state index in [0.29, 0.717) is 23.0 Å². The first-order valence-corrected chi connectivity index (χ1v) is 7.77. The van der Waals surface area contributed by atoms with Gasteiger partial charge in [-0.15, -0.1) is 0 Å². The van der Waals surface area contributed by atoms with E-state index in [4.69, 9.17) is 23.2 Å². The Morgan fingerprint density at radius 2 is 1.81 bits per heavy atom. The Labute approximate surface area is 134 Å². The first-order chi connectivity index (χ1) is 10.1. The molecule has 1 unspecified atom stereocenters. The number of nitrogens with zero attached hydrogens (tertiary/aromatic N) is 1. The monoisotopic (exact) mass is 321 g/mol. The lowest BCUT2D eigenvalue weighted by Crippen LogP contribution is -2.30. The lowest BCUT2D eigenvalue weighted by atomic mass is 9.93. The zero-order valence-corrected chi connectivity index (χ0v) is 13.1. The van der Waals surface area contributed by atoms with Gasteiger partial charge < -0.3 is 5.11 Å². The maximum atomic E-state index is 10.9. The van der Waals surface area contributed by atoms with Gasteiger partial charge in [0.15, 0.2) is 0 Å². The Morgan fingerprint density at radius 3 is 2.52 bits per heavy atom. The van der Waals surface area contributed by atoms with Crippen molar-refractivity contribution in [1.29, 1.82) is 0 Å². The summed E-state index contributed by atoms with van der Waals surface area (Å²) in [5, 5.41) is 11.9. The summed E-state index contributed by atoms with van der Waals surface area (Å²) in [4.78, 5) is 2.26. The minimum atomic E-state index is -0.844. The quantitative estimate of drug-likeness (QED) is 0.920. The SMILES string of the molecule is OC1(c2ccc(Cl)c(Cl)c2)CCN(Cc2ccccc2)C1. The van der Waals surface area contributed by atoms with E-state index in [1.54, 1.807) is 12.1 Å². The molecular weight excluding hydrogens is 305 g/mol. The van der Waals surface area contributed by atoms with E-state index in [2.05, 4.69) is 17.0 Å². The maximum Gasteiger partial charge on any atom is 0.104 e. The Hall–Kier alpha value is -1.06. The van der Waals surface area contributed by atoms with E-state index in [-0.39, 0.29) is 0 Å². The van der Waals surface area contributed by atoms with Crippen molar-refractivity contribution in [2.75, 3.05) is 13.1 Å². The van der Waals surface area contributed by atoms with Crippen LogP contribution in [0.5, 0.6) is 0 Å². The summed E-state index contributed by atoms with van der Waals surface area (Å²) < 4.78 is 0. The van der Waals surface area contributed by atoms with E-state index in [1.165, 1.54) is 5.56 Å². The molecule has 3 rings (SSSR count). The molecule has 1 saturated heterocycles. The highest BCUT2D eigenvalue weighted by molar-refractivity contribution is 6.42. The van der Waals surface area contributed by atoms with Gasteiger partial charge in [-0.1, -0.05) is 59.6 Å². The van der Waals surface area contributed by atoms with Gasteiger partial charge in [-0.3, -0.25) is 4.90 Å². The Morgan fingerprint density at radius 1 is 1.05 bits per heavy atom. The first kappa shape index (κ1) is 14.9. The summed E-state index contributed by atoms with van der Waals surface area (Å²) in [7, 11) is 0. The zero-order valence-electron chi connectivity index (χ0n) is 11.6. The summed E-state index contributed by atoms with van der Waals surface area (Å²) in [6.45, 7) is 2.33. The van der Waals surface area contributed by atoms with E-state index < -0.39 is 5.60 Å². The molecule has 2 aromatic carbocycles. The van der Waals surface area contributed by atoms with Gasteiger partial charge in [-0.05, 0) is 29.7 Å². The van der Waals surface area contributed by atoms with Crippen molar-refractivity contribution in [1.82, 2.24) is 4.90 Å². The Balaban J connectivity index is 1.74. The van der Waals surface area contributed by atoms with Crippen LogP contribution in [0.4, 0.5) is 0 Å². The number of aliphatic hydroxyl groups is 1. The summed E-state index contributed by atoms with van der Waals surface area (Å²) in [5.74, 6) is 0. The minimum absolute atomic E-state index is 0.490. The van der Waals surface area contributed by atoms with E-state index in [1.807, 2.05) is 24.3 Å². The number of likely N-dealkylation sites (tertiary alicyclic amines) is 1. The average molecular weight is 322 g/mol. The summed E-state index contributed by atoms with van der Waals surface area (Å²) in [6, 6.07) is 15.7. The fourth-order valence-corrected chi connectivity index (χ4v) is 3.17. The van der Waals surface area contributed by atoms with Crippen LogP contribution in [-0.4, -0.2) is 23.1 Å². The topological polar surface area (TPSA) is 23.5 Å². The molecule has 2 nitrogen and oxygen atoms in total. The van der Waals surface area contributed by atoms with Gasteiger partial charge in [-0.2, -0.15) is 0 Å². The molecule has 0 saturated carbocycles. The van der Waals surface area contributed by atoms with Gasteiger partial charge in [0.2, 0.25) is 0 Å². The third kappa shape index (κ3) is 3.24. The third-order valence-corrected chi connectivity index (χ3v) is 4.77. The zero-order chi connectivity index (χ0) is 14.9. The van der Waals surface area contributed by atoms with Crippen LogP contribution in [0.1, 0.15) is 17.5 Å². The molecule has 0 bridgehead atoms. The van der Waals surface area contributed by atoms with Crippen molar-refractivity contribution in [3.63, 3.8) is 0 Å². The van der Waals surface area contributed by atoms with E-state index in [0.717, 1.165) is 18.7 Å². The average Bonchev–Trinajstić information content (AvgIpc) is 2.85. The second-order valence-electron chi connectivity index (χ2n) is 5.61. The van der Waals surface area contributed by atoms with Crippen molar-refractivity contribution in [3.8, 4) is 0 Å². The lowest BCUT2D eigenvalue weighted by Gasteiger charge is -2.24. The van der Waals surface area contributed by atoms with Crippen molar-refractivity contribution in [3.05, 3.63) is 69.7 Å². The van der Waals surface area contributed by atoms with Crippen molar-refractivity contribution in [2.24, 2.45) is 0 Å². The maximum absolute atomic E-state index is 10.9. The number of hydrogen-bond donors (Lipinski definition) is 1. The Kier molecular flexibility index (Phi) is 4.23. The van der Waals surface area contributed by atoms with E-state index in [9.17, 15) is 5.11 Å². The number of halogens is 2. The molecule has 2 aromatic rings. The van der Waals surface area contributed by atoms with Crippen LogP contribution >= 0.6 is 23.2 Å². The molecule has 4 heteroatoms. The van der Waals surface area contributed by atoms with Gasteiger partial charge in [-0.25, -0.2) is 0 Å². The van der Waals surface area contributed by atoms with Crippen LogP contribution in [0.3, 0.4) is 0 Å². The van der Waals surface area contributed by atoms with E-state index >= 15 is 0 Å². The number of β-amino-alcohol motifs (C(OH)–C–C–N with tert-alkyl or cyclic N) is 1. The lowest BCUT2D eigenvalue weighted by molar-refractivity contribution is 0.0453. The van der Waals surface area contributed by atoms with Crippen LogP contribution in [-0.2, 0) is 12.1 Å². The Bertz CT molecular complexity index is 632. The highest BCUT2D eigenvalue weighted by Gasteiger charge is 2.37. The molecule has 1 atom stereocenters. The standard InChI is InChI=1S/C17H17Cl2NO/c18-15-7-6-14(10-16(15)19)17(21)8-9-20(12-17)11-13-4-2-1-3-5-13/h1-7,10,21H,8-9,11-12H2. The third-order valence-electron chi connectivity index (χ3n) is 4.03. The fraction of sp³-hybridized carbons (Fsp3) is 0.294. The molecule has 1 heterocycles. The molecule has 0 aromatic heterocycles. The van der Waals surface area contributed by atoms with Crippen LogP contribution in [0.15, 0.2) is 48.5 Å². The molecular formula is C17H17Cl2NO. The molecule has 110 valence electrons. The first-order valence-electron chi connectivity index (χ1n) is 7.01. The second-order valence-corrected chi connectivity index (χ2v) is 6.42. The predicted octanol–water partition coefficient (Wildman–Crippen LogP) is 4.09. The molecule has 1 fully saturated rings. The fourth-order valence-electron chi connectivity index (χ4n) is 2.87. The summed E-state index contributed by atoms with van der Waals surface area (Å²) >= 11 is 12.0. The molecule has 0 radical (unpaired) electrons. The van der Waals surface area contributed by atoms with Gasteiger partial charge in [0, 0.05) is 19.6 Å². The molecule has 0 aliphatic carbocycles. The highest BCUT2D eigenvalue weighted by Crippen LogP contribution is 2.35. The normalized spacial score (nSPS) is 22.6. The molecule has 1 N–H and O–H groups in total. The van der Waals surface area contributed by atoms with Crippen molar-refractivity contribution < 1.29 is 5.11 Å². The van der Waals surface area contributed by atoms with Gasteiger partial charge in [0.25, 0.3) is 0 Å². The van der Waals surface area contributed by atoms with Crippen LogP contribution in [0, 0.1) is 0 Å². The molecule has 0 spiro atoms.